The van der Waals surface area contributed by atoms with Crippen LogP contribution in [0.4, 0.5) is 0 Å². The molecule has 4 N–H and O–H groups in total. The number of hydrogen-bond donors (Lipinski definition) is 2. The maximum atomic E-state index is 5.27. The quantitative estimate of drug-likeness (QED) is 0.472. The Morgan fingerprint density at radius 1 is 1.22 bits per heavy atom. The summed E-state index contributed by atoms with van der Waals surface area (Å²) in [6, 6.07) is 10.4. The minimum atomic E-state index is 0.0164. The average Bonchev–Trinajstić information content (AvgIpc) is 2.38. The van der Waals surface area contributed by atoms with Gasteiger partial charge in [-0.3, -0.25) is 4.90 Å². The van der Waals surface area contributed by atoms with Gasteiger partial charge in [-0.2, -0.15) is 5.10 Å². The van der Waals surface area contributed by atoms with Gasteiger partial charge >= 0.3 is 0 Å². The molecule has 1 aromatic rings. The molecular formula is C13H19N5. The third-order valence-electron chi connectivity index (χ3n) is 2.90. The molecule has 1 fully saturated rings. The van der Waals surface area contributed by atoms with Gasteiger partial charge in [-0.05, 0) is 24.9 Å². The lowest BCUT2D eigenvalue weighted by Crippen LogP contribution is -2.35. The van der Waals surface area contributed by atoms with Gasteiger partial charge < -0.3 is 11.5 Å². The molecule has 0 aliphatic carbocycles. The van der Waals surface area contributed by atoms with Crippen molar-refractivity contribution in [2.75, 3.05) is 13.1 Å². The maximum absolute atomic E-state index is 5.27. The molecule has 1 aliphatic heterocycles. The molecule has 0 amide bonds. The Bertz CT molecular complexity index is 434. The summed E-state index contributed by atoms with van der Waals surface area (Å²) in [6.45, 7) is 2.88. The van der Waals surface area contributed by atoms with Crippen LogP contribution in [0.3, 0.4) is 0 Å². The van der Waals surface area contributed by atoms with Crippen molar-refractivity contribution in [2.45, 2.75) is 19.4 Å². The Morgan fingerprint density at radius 2 is 2.00 bits per heavy atom. The number of guanidine groups is 1. The van der Waals surface area contributed by atoms with Gasteiger partial charge in [0.1, 0.15) is 0 Å². The molecule has 0 radical (unpaired) electrons. The number of piperidine rings is 1. The molecule has 1 aliphatic rings. The molecule has 0 saturated carbocycles. The van der Waals surface area contributed by atoms with Crippen LogP contribution in [0.25, 0.3) is 0 Å². The van der Waals surface area contributed by atoms with Gasteiger partial charge in [-0.15, -0.1) is 5.10 Å². The fourth-order valence-electron chi connectivity index (χ4n) is 2.11. The number of nitrogens with zero attached hydrogens (tertiary/aromatic N) is 3. The van der Waals surface area contributed by atoms with Crippen molar-refractivity contribution >= 4 is 11.7 Å². The number of nitrogens with two attached hydrogens (primary N) is 2. The highest BCUT2D eigenvalue weighted by atomic mass is 15.3. The zero-order valence-corrected chi connectivity index (χ0v) is 10.4. The summed E-state index contributed by atoms with van der Waals surface area (Å²) >= 11 is 0. The van der Waals surface area contributed by atoms with E-state index in [0.717, 1.165) is 38.2 Å². The minimum Gasteiger partial charge on any atom is -0.369 e. The first-order chi connectivity index (χ1) is 8.74. The maximum Gasteiger partial charge on any atom is 0.211 e. The van der Waals surface area contributed by atoms with E-state index in [2.05, 4.69) is 39.4 Å². The van der Waals surface area contributed by atoms with Crippen LogP contribution in [0.5, 0.6) is 0 Å². The van der Waals surface area contributed by atoms with Crippen molar-refractivity contribution in [3.63, 3.8) is 0 Å². The lowest BCUT2D eigenvalue weighted by Gasteiger charge is -2.27. The molecule has 0 aromatic heterocycles. The third-order valence-corrected chi connectivity index (χ3v) is 2.90. The van der Waals surface area contributed by atoms with Crippen molar-refractivity contribution in [3.8, 4) is 0 Å². The van der Waals surface area contributed by atoms with Crippen LogP contribution in [-0.2, 0) is 6.54 Å². The van der Waals surface area contributed by atoms with Crippen LogP contribution in [0.15, 0.2) is 40.5 Å². The van der Waals surface area contributed by atoms with Crippen LogP contribution in [0.1, 0.15) is 18.4 Å². The minimum absolute atomic E-state index is 0.0164. The van der Waals surface area contributed by atoms with E-state index in [9.17, 15) is 0 Å². The molecule has 5 nitrogen and oxygen atoms in total. The topological polar surface area (TPSA) is 80.0 Å². The van der Waals surface area contributed by atoms with Gasteiger partial charge in [-0.25, -0.2) is 0 Å². The van der Waals surface area contributed by atoms with E-state index in [1.54, 1.807) is 0 Å². The van der Waals surface area contributed by atoms with Gasteiger partial charge in [0.25, 0.3) is 0 Å². The van der Waals surface area contributed by atoms with Gasteiger partial charge in [0, 0.05) is 13.1 Å². The summed E-state index contributed by atoms with van der Waals surface area (Å²) in [4.78, 5) is 2.36. The van der Waals surface area contributed by atoms with E-state index in [-0.39, 0.29) is 5.96 Å². The van der Waals surface area contributed by atoms with Gasteiger partial charge in [0.2, 0.25) is 5.96 Å². The highest BCUT2D eigenvalue weighted by molar-refractivity contribution is 5.87. The van der Waals surface area contributed by atoms with E-state index >= 15 is 0 Å². The van der Waals surface area contributed by atoms with Crippen molar-refractivity contribution in [1.82, 2.24) is 4.90 Å². The number of likely N-dealkylation sites (tertiary alicyclic amines) is 1. The predicted octanol–water partition coefficient (Wildman–Crippen LogP) is 0.912. The Balaban J connectivity index is 1.95. The number of benzene rings is 1. The first-order valence-corrected chi connectivity index (χ1v) is 6.14. The molecule has 1 aromatic carbocycles. The van der Waals surface area contributed by atoms with Crippen molar-refractivity contribution < 1.29 is 0 Å². The smallest absolute Gasteiger partial charge is 0.211 e. The summed E-state index contributed by atoms with van der Waals surface area (Å²) in [5.41, 5.74) is 12.9. The van der Waals surface area contributed by atoms with Crippen LogP contribution in [-0.4, -0.2) is 29.7 Å². The van der Waals surface area contributed by atoms with Crippen LogP contribution in [0.2, 0.25) is 0 Å². The number of hydrogen-bond acceptors (Lipinski definition) is 3. The van der Waals surface area contributed by atoms with E-state index < -0.39 is 0 Å². The molecule has 0 spiro atoms. The molecule has 18 heavy (non-hydrogen) atoms. The second-order valence-corrected chi connectivity index (χ2v) is 4.49. The Kier molecular flexibility index (Phi) is 4.30. The van der Waals surface area contributed by atoms with E-state index in [1.165, 1.54) is 5.56 Å². The molecule has 1 saturated heterocycles. The Morgan fingerprint density at radius 3 is 2.72 bits per heavy atom. The standard InChI is InChI=1S/C13H19N5/c14-13(15)17-16-12-7-4-8-18(10-12)9-11-5-2-1-3-6-11/h1-3,5-6H,4,7-10H2,(H4,14,15,17)/b16-12-. The molecule has 1 heterocycles. The summed E-state index contributed by atoms with van der Waals surface area (Å²) in [6.07, 6.45) is 2.08. The van der Waals surface area contributed by atoms with Crippen LogP contribution >= 0.6 is 0 Å². The normalized spacial score (nSPS) is 18.8. The second kappa shape index (κ2) is 6.16. The van der Waals surface area contributed by atoms with E-state index in [4.69, 9.17) is 11.5 Å². The molecule has 0 unspecified atom stereocenters. The monoisotopic (exact) mass is 245 g/mol. The fourth-order valence-corrected chi connectivity index (χ4v) is 2.11. The largest absolute Gasteiger partial charge is 0.369 e. The van der Waals surface area contributed by atoms with E-state index in [1.807, 2.05) is 6.07 Å². The van der Waals surface area contributed by atoms with Gasteiger partial charge in [-0.1, -0.05) is 30.3 Å². The SMILES string of the molecule is NC(N)=N/N=C1/CCCN(Cc2ccccc2)C1. The van der Waals surface area contributed by atoms with Crippen molar-refractivity contribution in [3.05, 3.63) is 35.9 Å². The average molecular weight is 245 g/mol. The van der Waals surface area contributed by atoms with Gasteiger partial charge in [0.05, 0.1) is 5.71 Å². The lowest BCUT2D eigenvalue weighted by atomic mass is 10.1. The summed E-state index contributed by atoms with van der Waals surface area (Å²) in [7, 11) is 0. The molecule has 96 valence electrons. The lowest BCUT2D eigenvalue weighted by molar-refractivity contribution is 0.283. The van der Waals surface area contributed by atoms with Crippen molar-refractivity contribution in [2.24, 2.45) is 21.7 Å². The predicted molar refractivity (Wildman–Crippen MR) is 74.2 cm³/mol. The van der Waals surface area contributed by atoms with Gasteiger partial charge in [0.15, 0.2) is 0 Å². The first kappa shape index (κ1) is 12.6. The van der Waals surface area contributed by atoms with Crippen LogP contribution < -0.4 is 11.5 Å². The molecule has 5 heteroatoms. The molecular weight excluding hydrogens is 226 g/mol. The van der Waals surface area contributed by atoms with E-state index in [0.29, 0.717) is 0 Å². The molecule has 0 atom stereocenters. The number of rotatable bonds is 3. The first-order valence-electron chi connectivity index (χ1n) is 6.14. The third kappa shape index (κ3) is 3.85. The molecule has 0 bridgehead atoms. The van der Waals surface area contributed by atoms with Crippen molar-refractivity contribution in [1.29, 1.82) is 0 Å². The summed E-state index contributed by atoms with van der Waals surface area (Å²) in [5, 5.41) is 7.81. The Hall–Kier alpha value is -1.88. The highest BCUT2D eigenvalue weighted by Crippen LogP contribution is 2.11. The molecule has 2 rings (SSSR count). The highest BCUT2D eigenvalue weighted by Gasteiger charge is 2.15. The fraction of sp³-hybridized carbons (Fsp3) is 0.385. The zero-order valence-electron chi connectivity index (χ0n) is 10.4. The summed E-state index contributed by atoms with van der Waals surface area (Å²) in [5.74, 6) is 0.0164. The Labute approximate surface area is 107 Å². The zero-order chi connectivity index (χ0) is 12.8. The summed E-state index contributed by atoms with van der Waals surface area (Å²) < 4.78 is 0. The van der Waals surface area contributed by atoms with Crippen LogP contribution in [0, 0.1) is 0 Å². The second-order valence-electron chi connectivity index (χ2n) is 4.49.